The summed E-state index contributed by atoms with van der Waals surface area (Å²) in [6, 6.07) is -0.410. The molecule has 0 unspecified atom stereocenters. The zero-order valence-electron chi connectivity index (χ0n) is 13.7. The zero-order chi connectivity index (χ0) is 16.3. The number of ether oxygens (including phenoxy) is 1. The molecule has 6 nitrogen and oxygen atoms in total. The Balaban J connectivity index is 1.74. The molecule has 124 valence electrons. The highest BCUT2D eigenvalue weighted by atomic mass is 16.5. The molecule has 0 aromatic heterocycles. The van der Waals surface area contributed by atoms with Gasteiger partial charge in [0.15, 0.2) is 6.61 Å². The fourth-order valence-corrected chi connectivity index (χ4v) is 3.23. The third-order valence-corrected chi connectivity index (χ3v) is 4.78. The van der Waals surface area contributed by atoms with E-state index in [-0.39, 0.29) is 23.9 Å². The van der Waals surface area contributed by atoms with Crippen LogP contribution in [-0.4, -0.2) is 42.5 Å². The molecule has 2 fully saturated rings. The number of nitrogens with zero attached hydrogens (tertiary/aromatic N) is 1. The fraction of sp³-hybridized carbons (Fsp3) is 0.812. The minimum atomic E-state index is -0.452. The number of esters is 1. The van der Waals surface area contributed by atoms with Crippen LogP contribution in [0.25, 0.3) is 0 Å². The molecular weight excluding hydrogens is 284 g/mol. The Bertz CT molecular complexity index is 448. The van der Waals surface area contributed by atoms with Crippen molar-refractivity contribution < 1.29 is 19.1 Å². The predicted octanol–water partition coefficient (Wildman–Crippen LogP) is 1.93. The van der Waals surface area contributed by atoms with E-state index < -0.39 is 11.9 Å². The van der Waals surface area contributed by atoms with Crippen LogP contribution in [0, 0.1) is 17.3 Å². The van der Waals surface area contributed by atoms with E-state index in [1.165, 1.54) is 0 Å². The second-order valence-corrected chi connectivity index (χ2v) is 7.30. The number of imide groups is 1. The Morgan fingerprint density at radius 3 is 2.36 bits per heavy atom. The second-order valence-electron chi connectivity index (χ2n) is 7.30. The topological polar surface area (TPSA) is 75.7 Å². The van der Waals surface area contributed by atoms with Gasteiger partial charge in [0.2, 0.25) is 0 Å². The SMILES string of the molecule is CC(C)(C)C1CCC(C(=O)OCC(=O)N2CCNC2=O)CC1. The highest BCUT2D eigenvalue weighted by Crippen LogP contribution is 2.40. The van der Waals surface area contributed by atoms with Crippen molar-refractivity contribution in [3.8, 4) is 0 Å². The summed E-state index contributed by atoms with van der Waals surface area (Å²) in [5.74, 6) is -0.239. The van der Waals surface area contributed by atoms with Gasteiger partial charge in [0.1, 0.15) is 0 Å². The van der Waals surface area contributed by atoms with Gasteiger partial charge in [-0.15, -0.1) is 0 Å². The summed E-state index contributed by atoms with van der Waals surface area (Å²) in [4.78, 5) is 36.3. The molecule has 2 aliphatic rings. The van der Waals surface area contributed by atoms with E-state index in [4.69, 9.17) is 4.74 Å². The Hall–Kier alpha value is -1.59. The smallest absolute Gasteiger partial charge is 0.324 e. The van der Waals surface area contributed by atoms with Gasteiger partial charge in [-0.3, -0.25) is 14.5 Å². The summed E-state index contributed by atoms with van der Waals surface area (Å²) >= 11 is 0. The van der Waals surface area contributed by atoms with Gasteiger partial charge < -0.3 is 10.1 Å². The maximum absolute atomic E-state index is 12.1. The standard InChI is InChI=1S/C16H26N2O4/c1-16(2,3)12-6-4-11(5-7-12)14(20)22-10-13(19)18-9-8-17-15(18)21/h11-12H,4-10H2,1-3H3,(H,17,21). The largest absolute Gasteiger partial charge is 0.455 e. The van der Waals surface area contributed by atoms with E-state index in [2.05, 4.69) is 26.1 Å². The van der Waals surface area contributed by atoms with Gasteiger partial charge in [-0.1, -0.05) is 20.8 Å². The monoisotopic (exact) mass is 310 g/mol. The average molecular weight is 310 g/mol. The van der Waals surface area contributed by atoms with E-state index in [0.29, 0.717) is 19.0 Å². The molecule has 0 aromatic carbocycles. The minimum Gasteiger partial charge on any atom is -0.455 e. The van der Waals surface area contributed by atoms with Crippen molar-refractivity contribution in [3.63, 3.8) is 0 Å². The Labute approximate surface area is 131 Å². The molecule has 3 amide bonds. The molecule has 1 saturated heterocycles. The number of nitrogens with one attached hydrogen (secondary N) is 1. The Morgan fingerprint density at radius 2 is 1.86 bits per heavy atom. The Morgan fingerprint density at radius 1 is 1.23 bits per heavy atom. The highest BCUT2D eigenvalue weighted by Gasteiger charge is 2.34. The number of amides is 3. The first kappa shape index (κ1) is 16.8. The van der Waals surface area contributed by atoms with Crippen molar-refractivity contribution in [2.24, 2.45) is 17.3 Å². The van der Waals surface area contributed by atoms with Crippen molar-refractivity contribution in [1.82, 2.24) is 10.2 Å². The molecule has 22 heavy (non-hydrogen) atoms. The summed E-state index contributed by atoms with van der Waals surface area (Å²) in [5, 5.41) is 2.55. The van der Waals surface area contributed by atoms with Crippen LogP contribution >= 0.6 is 0 Å². The van der Waals surface area contributed by atoms with Crippen LogP contribution in [0.15, 0.2) is 0 Å². The van der Waals surface area contributed by atoms with Crippen molar-refractivity contribution in [1.29, 1.82) is 0 Å². The summed E-state index contributed by atoms with van der Waals surface area (Å²) in [7, 11) is 0. The van der Waals surface area contributed by atoms with Gasteiger partial charge in [-0.25, -0.2) is 4.79 Å². The third-order valence-electron chi connectivity index (χ3n) is 4.78. The van der Waals surface area contributed by atoms with Crippen LogP contribution in [0.2, 0.25) is 0 Å². The maximum atomic E-state index is 12.1. The van der Waals surface area contributed by atoms with Gasteiger partial charge in [0.05, 0.1) is 5.92 Å². The number of carbonyl (C=O) groups excluding carboxylic acids is 3. The molecule has 1 saturated carbocycles. The van der Waals surface area contributed by atoms with Gasteiger partial charge in [-0.2, -0.15) is 0 Å². The van der Waals surface area contributed by atoms with Crippen molar-refractivity contribution in [2.45, 2.75) is 46.5 Å². The molecule has 0 spiro atoms. The minimum absolute atomic E-state index is 0.112. The molecule has 1 aliphatic carbocycles. The summed E-state index contributed by atoms with van der Waals surface area (Å²) in [6.45, 7) is 7.15. The first-order valence-electron chi connectivity index (χ1n) is 8.04. The lowest BCUT2D eigenvalue weighted by atomic mass is 9.70. The van der Waals surface area contributed by atoms with Gasteiger partial charge >= 0.3 is 12.0 Å². The summed E-state index contributed by atoms with van der Waals surface area (Å²) in [5.41, 5.74) is 0.272. The molecule has 0 atom stereocenters. The van der Waals surface area contributed by atoms with Crippen LogP contribution in [0.1, 0.15) is 46.5 Å². The molecule has 1 heterocycles. The van der Waals surface area contributed by atoms with E-state index in [1.807, 2.05) is 0 Å². The lowest BCUT2D eigenvalue weighted by molar-refractivity contribution is -0.155. The first-order chi connectivity index (χ1) is 10.3. The van der Waals surface area contributed by atoms with Gasteiger partial charge in [0, 0.05) is 13.1 Å². The second kappa shape index (κ2) is 6.67. The van der Waals surface area contributed by atoms with E-state index in [0.717, 1.165) is 30.6 Å². The summed E-state index contributed by atoms with van der Waals surface area (Å²) in [6.07, 6.45) is 3.68. The van der Waals surface area contributed by atoms with Crippen LogP contribution in [0.5, 0.6) is 0 Å². The molecule has 2 rings (SSSR count). The van der Waals surface area contributed by atoms with E-state index in [9.17, 15) is 14.4 Å². The lowest BCUT2D eigenvalue weighted by Gasteiger charge is -2.36. The molecule has 0 bridgehead atoms. The van der Waals surface area contributed by atoms with Gasteiger partial charge in [0.25, 0.3) is 5.91 Å². The summed E-state index contributed by atoms with van der Waals surface area (Å²) < 4.78 is 5.11. The highest BCUT2D eigenvalue weighted by molar-refractivity contribution is 5.97. The van der Waals surface area contributed by atoms with Crippen LogP contribution in [0.4, 0.5) is 4.79 Å². The van der Waals surface area contributed by atoms with E-state index in [1.54, 1.807) is 0 Å². The van der Waals surface area contributed by atoms with Crippen molar-refractivity contribution in [3.05, 3.63) is 0 Å². The Kier molecular flexibility index (Phi) is 5.08. The van der Waals surface area contributed by atoms with E-state index >= 15 is 0 Å². The molecule has 1 aliphatic heterocycles. The molecular formula is C16H26N2O4. The first-order valence-corrected chi connectivity index (χ1v) is 8.04. The number of carbonyl (C=O) groups is 3. The maximum Gasteiger partial charge on any atom is 0.324 e. The number of hydrogen-bond donors (Lipinski definition) is 1. The third kappa shape index (κ3) is 3.99. The van der Waals surface area contributed by atoms with Crippen molar-refractivity contribution >= 4 is 17.9 Å². The normalized spacial score (nSPS) is 25.8. The van der Waals surface area contributed by atoms with Crippen LogP contribution in [0.3, 0.4) is 0 Å². The zero-order valence-corrected chi connectivity index (χ0v) is 13.7. The number of urea groups is 1. The average Bonchev–Trinajstić information content (AvgIpc) is 2.90. The predicted molar refractivity (Wildman–Crippen MR) is 81.0 cm³/mol. The fourth-order valence-electron chi connectivity index (χ4n) is 3.23. The van der Waals surface area contributed by atoms with Crippen LogP contribution < -0.4 is 5.32 Å². The quantitative estimate of drug-likeness (QED) is 0.808. The number of rotatable bonds is 3. The molecule has 6 heteroatoms. The van der Waals surface area contributed by atoms with Gasteiger partial charge in [-0.05, 0) is 37.0 Å². The molecule has 1 N–H and O–H groups in total. The lowest BCUT2D eigenvalue weighted by Crippen LogP contribution is -2.38. The van der Waals surface area contributed by atoms with Crippen molar-refractivity contribution in [2.75, 3.05) is 19.7 Å². The van der Waals surface area contributed by atoms with Crippen LogP contribution in [-0.2, 0) is 14.3 Å². The molecule has 0 aromatic rings. The molecule has 0 radical (unpaired) electrons. The number of hydrogen-bond acceptors (Lipinski definition) is 4.